The van der Waals surface area contributed by atoms with Crippen LogP contribution in [0.15, 0.2) is 36.0 Å². The number of ether oxygens (including phenoxy) is 2. The van der Waals surface area contributed by atoms with Crippen molar-refractivity contribution >= 4 is 5.78 Å². The molecule has 31 heavy (non-hydrogen) atoms. The van der Waals surface area contributed by atoms with Crippen LogP contribution in [0.2, 0.25) is 0 Å². The summed E-state index contributed by atoms with van der Waals surface area (Å²) in [5.41, 5.74) is 0.473. The second-order valence-corrected chi connectivity index (χ2v) is 10.9. The van der Waals surface area contributed by atoms with Crippen molar-refractivity contribution in [1.82, 2.24) is 0 Å². The van der Waals surface area contributed by atoms with Gasteiger partial charge in [-0.3, -0.25) is 4.79 Å². The molecule has 0 bridgehead atoms. The summed E-state index contributed by atoms with van der Waals surface area (Å²) in [6.07, 6.45) is 10.0. The third-order valence-corrected chi connectivity index (χ3v) is 9.46. The Kier molecular flexibility index (Phi) is 4.95. The lowest BCUT2D eigenvalue weighted by Crippen LogP contribution is -2.63. The van der Waals surface area contributed by atoms with Crippen molar-refractivity contribution in [2.45, 2.75) is 83.4 Å². The van der Waals surface area contributed by atoms with Gasteiger partial charge in [0, 0.05) is 16.7 Å². The van der Waals surface area contributed by atoms with Gasteiger partial charge < -0.3 is 19.7 Å². The van der Waals surface area contributed by atoms with Gasteiger partial charge in [-0.05, 0) is 49.5 Å². The lowest BCUT2D eigenvalue weighted by atomic mass is 9.46. The van der Waals surface area contributed by atoms with Gasteiger partial charge in [-0.2, -0.15) is 0 Å². The van der Waals surface area contributed by atoms with Crippen LogP contribution in [0.25, 0.3) is 0 Å². The second kappa shape index (κ2) is 7.11. The minimum Gasteiger partial charge on any atom is -0.393 e. The normalized spacial score (nSPS) is 50.4. The number of Topliss-reactive ketones (excluding diaryl/α,β-unsaturated/α-hetero) is 1. The summed E-state index contributed by atoms with van der Waals surface area (Å²) >= 11 is 0. The van der Waals surface area contributed by atoms with E-state index >= 15 is 0 Å². The maximum Gasteiger partial charge on any atom is 0.193 e. The molecule has 5 nitrogen and oxygen atoms in total. The lowest BCUT2D eigenvalue weighted by molar-refractivity contribution is -0.200. The largest absolute Gasteiger partial charge is 0.393 e. The third kappa shape index (κ3) is 2.67. The highest BCUT2D eigenvalue weighted by Gasteiger charge is 2.75. The second-order valence-electron chi connectivity index (χ2n) is 10.9. The van der Waals surface area contributed by atoms with Crippen LogP contribution in [0.4, 0.5) is 0 Å². The molecule has 5 heteroatoms. The molecule has 0 aromatic heterocycles. The van der Waals surface area contributed by atoms with Crippen molar-refractivity contribution in [3.8, 4) is 0 Å². The van der Waals surface area contributed by atoms with Crippen molar-refractivity contribution in [2.24, 2.45) is 28.6 Å². The van der Waals surface area contributed by atoms with Crippen LogP contribution in [0.5, 0.6) is 0 Å². The van der Waals surface area contributed by atoms with E-state index in [2.05, 4.69) is 45.6 Å². The number of carbonyl (C=O) groups is 1. The number of carbonyl (C=O) groups excluding carboxylic acids is 1. The lowest BCUT2D eigenvalue weighted by Gasteiger charge is -2.59. The Morgan fingerprint density at radius 2 is 2.13 bits per heavy atom. The number of aliphatic hydroxyl groups is 2. The Balaban J connectivity index is 1.55. The highest BCUT2D eigenvalue weighted by molar-refractivity contribution is 5.91. The molecule has 1 heterocycles. The third-order valence-electron chi connectivity index (χ3n) is 9.46. The molecule has 9 atom stereocenters. The highest BCUT2D eigenvalue weighted by Crippen LogP contribution is 2.69. The molecular formula is C26H36O5. The smallest absolute Gasteiger partial charge is 0.193 e. The minimum absolute atomic E-state index is 0.0986. The number of fused-ring (bicyclic) bond motifs is 7. The summed E-state index contributed by atoms with van der Waals surface area (Å²) in [5, 5.41) is 21.5. The quantitative estimate of drug-likeness (QED) is 0.714. The van der Waals surface area contributed by atoms with Crippen LogP contribution in [-0.4, -0.2) is 46.7 Å². The monoisotopic (exact) mass is 428 g/mol. The van der Waals surface area contributed by atoms with E-state index in [4.69, 9.17) is 9.47 Å². The summed E-state index contributed by atoms with van der Waals surface area (Å²) in [7, 11) is 0. The van der Waals surface area contributed by atoms with Crippen molar-refractivity contribution in [3.63, 3.8) is 0 Å². The Hall–Kier alpha value is -1.27. The Bertz CT molecular complexity index is 860. The van der Waals surface area contributed by atoms with Crippen molar-refractivity contribution in [1.29, 1.82) is 0 Å². The van der Waals surface area contributed by atoms with Gasteiger partial charge in [0.15, 0.2) is 17.7 Å². The zero-order valence-corrected chi connectivity index (χ0v) is 19.0. The van der Waals surface area contributed by atoms with Gasteiger partial charge in [0.1, 0.15) is 6.61 Å². The fraction of sp³-hybridized carbons (Fsp3) is 0.731. The fourth-order valence-corrected chi connectivity index (χ4v) is 8.20. The molecule has 0 amide bonds. The van der Waals surface area contributed by atoms with Gasteiger partial charge in [0.05, 0.1) is 12.2 Å². The average molecular weight is 429 g/mol. The SMILES string of the molecule is C=C1C=C[C@@]2(C)C(=C1)CC[C@@H]1[C@@H]2[C@@H](O)C[C@@]2(C)[C@H]1C[C@@H]1OC(CCC)O[C@]12C(=O)CO. The Morgan fingerprint density at radius 1 is 1.35 bits per heavy atom. The molecule has 0 aromatic carbocycles. The molecule has 4 fully saturated rings. The van der Waals surface area contributed by atoms with Gasteiger partial charge in [0.25, 0.3) is 0 Å². The highest BCUT2D eigenvalue weighted by atomic mass is 16.7. The van der Waals surface area contributed by atoms with E-state index < -0.39 is 30.0 Å². The van der Waals surface area contributed by atoms with Crippen LogP contribution in [-0.2, 0) is 14.3 Å². The van der Waals surface area contributed by atoms with E-state index in [1.807, 2.05) is 0 Å². The molecule has 5 aliphatic rings. The minimum atomic E-state index is -1.16. The van der Waals surface area contributed by atoms with Crippen molar-refractivity contribution < 1.29 is 24.5 Å². The molecule has 1 aliphatic heterocycles. The van der Waals surface area contributed by atoms with E-state index in [9.17, 15) is 15.0 Å². The molecular weight excluding hydrogens is 392 g/mol. The number of aliphatic hydroxyl groups excluding tert-OH is 2. The number of hydrogen-bond acceptors (Lipinski definition) is 5. The van der Waals surface area contributed by atoms with E-state index in [0.717, 1.165) is 37.7 Å². The van der Waals surface area contributed by atoms with Gasteiger partial charge >= 0.3 is 0 Å². The first-order valence-corrected chi connectivity index (χ1v) is 12.0. The van der Waals surface area contributed by atoms with Crippen LogP contribution in [0.1, 0.15) is 59.3 Å². The van der Waals surface area contributed by atoms with E-state index in [0.29, 0.717) is 6.42 Å². The first-order valence-electron chi connectivity index (χ1n) is 12.0. The predicted molar refractivity (Wildman–Crippen MR) is 117 cm³/mol. The van der Waals surface area contributed by atoms with Crippen LogP contribution in [0, 0.1) is 28.6 Å². The van der Waals surface area contributed by atoms with Gasteiger partial charge in [-0.25, -0.2) is 0 Å². The number of rotatable bonds is 4. The van der Waals surface area contributed by atoms with Gasteiger partial charge in [0.2, 0.25) is 0 Å². The molecule has 170 valence electrons. The first kappa shape index (κ1) is 21.6. The zero-order chi connectivity index (χ0) is 22.2. The van der Waals surface area contributed by atoms with Crippen LogP contribution in [0.3, 0.4) is 0 Å². The number of allylic oxidation sites excluding steroid dienone is 5. The summed E-state index contributed by atoms with van der Waals surface area (Å²) in [6, 6.07) is 0. The molecule has 0 radical (unpaired) electrons. The molecule has 0 aromatic rings. The summed E-state index contributed by atoms with van der Waals surface area (Å²) in [6.45, 7) is 9.97. The van der Waals surface area contributed by atoms with Crippen molar-refractivity contribution in [3.05, 3.63) is 36.0 Å². The van der Waals surface area contributed by atoms with E-state index in [1.165, 1.54) is 5.57 Å². The molecule has 5 rings (SSSR count). The Labute approximate surface area is 185 Å². The fourth-order valence-electron chi connectivity index (χ4n) is 8.20. The average Bonchev–Trinajstić information content (AvgIpc) is 3.20. The van der Waals surface area contributed by atoms with E-state index in [-0.39, 0.29) is 35.1 Å². The zero-order valence-electron chi connectivity index (χ0n) is 19.0. The topological polar surface area (TPSA) is 76.0 Å². The van der Waals surface area contributed by atoms with E-state index in [1.54, 1.807) is 0 Å². The predicted octanol–water partition coefficient (Wildman–Crippen LogP) is 3.70. The van der Waals surface area contributed by atoms with Crippen LogP contribution >= 0.6 is 0 Å². The van der Waals surface area contributed by atoms with Crippen molar-refractivity contribution in [2.75, 3.05) is 6.61 Å². The molecule has 2 N–H and O–H groups in total. The van der Waals surface area contributed by atoms with Gasteiger partial charge in [-0.15, -0.1) is 0 Å². The summed E-state index contributed by atoms with van der Waals surface area (Å²) in [4.78, 5) is 13.3. The summed E-state index contributed by atoms with van der Waals surface area (Å²) < 4.78 is 12.7. The molecule has 0 spiro atoms. The first-order chi connectivity index (χ1) is 14.7. The Morgan fingerprint density at radius 3 is 2.84 bits per heavy atom. The maximum atomic E-state index is 13.3. The number of hydrogen-bond donors (Lipinski definition) is 2. The molecule has 1 saturated heterocycles. The standard InChI is InChI=1S/C26H36O5/c1-5-6-22-30-21-12-18-17-8-7-16-11-15(2)9-10-24(16,3)23(17)19(28)13-25(18,4)26(21,31-22)20(29)14-27/h9-11,17-19,21-23,27-28H,2,5-8,12-14H2,1,3-4H3/t17-,18-,19-,21-,22?,23+,24-,25-,26+/m0/s1. The van der Waals surface area contributed by atoms with Gasteiger partial charge in [-0.1, -0.05) is 57.6 Å². The molecule has 4 aliphatic carbocycles. The molecule has 3 saturated carbocycles. The molecule has 1 unspecified atom stereocenters. The number of ketones is 1. The van der Waals surface area contributed by atoms with Crippen LogP contribution < -0.4 is 0 Å². The summed E-state index contributed by atoms with van der Waals surface area (Å²) in [5.74, 6) is 0.295. The maximum absolute atomic E-state index is 13.3.